The molecule has 3 amide bonds. The molecule has 0 radical (unpaired) electrons. The van der Waals surface area contributed by atoms with Gasteiger partial charge in [0.1, 0.15) is 6.04 Å². The summed E-state index contributed by atoms with van der Waals surface area (Å²) in [5.41, 5.74) is 1.53. The first-order valence-electron chi connectivity index (χ1n) is 6.50. The molecule has 6 heteroatoms. The molecule has 2 aliphatic heterocycles. The van der Waals surface area contributed by atoms with Crippen molar-refractivity contribution in [3.63, 3.8) is 0 Å². The number of amides is 3. The van der Waals surface area contributed by atoms with Gasteiger partial charge in [-0.1, -0.05) is 22.0 Å². The Balaban J connectivity index is 1.90. The number of benzene rings is 1. The Bertz CT molecular complexity index is 614. The molecule has 1 atom stereocenters. The number of carbonyl (C=O) groups is 3. The van der Waals surface area contributed by atoms with Crippen LogP contribution in [0.3, 0.4) is 0 Å². The van der Waals surface area contributed by atoms with Crippen molar-refractivity contribution in [2.45, 2.75) is 31.8 Å². The number of rotatable bonds is 1. The molecule has 0 bridgehead atoms. The van der Waals surface area contributed by atoms with Crippen molar-refractivity contribution in [2.75, 3.05) is 0 Å². The number of carbonyl (C=O) groups excluding carboxylic acids is 3. The number of nitrogens with one attached hydrogen (secondary N) is 1. The number of nitrogens with zero attached hydrogens (tertiary/aromatic N) is 1. The van der Waals surface area contributed by atoms with Crippen LogP contribution in [0.4, 0.5) is 0 Å². The fraction of sp³-hybridized carbons (Fsp3) is 0.357. The smallest absolute Gasteiger partial charge is 0.255 e. The normalized spacial score (nSPS) is 22.6. The molecular weight excluding hydrogens is 324 g/mol. The summed E-state index contributed by atoms with van der Waals surface area (Å²) in [5.74, 6) is -0.775. The second kappa shape index (κ2) is 5.01. The summed E-state index contributed by atoms with van der Waals surface area (Å²) in [4.78, 5) is 37.4. The highest BCUT2D eigenvalue weighted by Gasteiger charge is 2.38. The van der Waals surface area contributed by atoms with Crippen LogP contribution in [0, 0.1) is 0 Å². The van der Waals surface area contributed by atoms with Gasteiger partial charge in [-0.2, -0.15) is 0 Å². The van der Waals surface area contributed by atoms with E-state index in [2.05, 4.69) is 21.2 Å². The molecule has 1 fully saturated rings. The molecule has 0 aliphatic carbocycles. The van der Waals surface area contributed by atoms with Crippen molar-refractivity contribution < 1.29 is 14.4 Å². The molecule has 2 heterocycles. The second-order valence-electron chi connectivity index (χ2n) is 5.02. The van der Waals surface area contributed by atoms with E-state index < -0.39 is 6.04 Å². The largest absolute Gasteiger partial charge is 0.322 e. The lowest BCUT2D eigenvalue weighted by Gasteiger charge is -2.24. The third kappa shape index (κ3) is 2.14. The molecule has 2 aliphatic rings. The summed E-state index contributed by atoms with van der Waals surface area (Å²) in [6.07, 6.45) is 1.47. The lowest BCUT2D eigenvalue weighted by Crippen LogP contribution is -2.46. The van der Waals surface area contributed by atoms with Crippen LogP contribution in [0.15, 0.2) is 22.7 Å². The summed E-state index contributed by atoms with van der Waals surface area (Å²) >= 11 is 3.43. The van der Waals surface area contributed by atoms with Crippen molar-refractivity contribution in [1.29, 1.82) is 0 Å². The molecule has 0 aromatic heterocycles. The molecule has 5 nitrogen and oxygen atoms in total. The zero-order chi connectivity index (χ0) is 14.3. The highest BCUT2D eigenvalue weighted by molar-refractivity contribution is 9.10. The Kier molecular flexibility index (Phi) is 3.33. The predicted molar refractivity (Wildman–Crippen MR) is 74.8 cm³/mol. The van der Waals surface area contributed by atoms with Gasteiger partial charge < -0.3 is 4.90 Å². The summed E-state index contributed by atoms with van der Waals surface area (Å²) < 4.78 is 0.871. The maximum atomic E-state index is 12.4. The lowest BCUT2D eigenvalue weighted by atomic mass is 10.1. The summed E-state index contributed by atoms with van der Waals surface area (Å²) in [7, 11) is 0. The molecule has 1 N–H and O–H groups in total. The molecule has 20 heavy (non-hydrogen) atoms. The third-order valence-electron chi connectivity index (χ3n) is 3.76. The molecule has 1 saturated heterocycles. The van der Waals surface area contributed by atoms with E-state index in [1.807, 2.05) is 6.07 Å². The maximum absolute atomic E-state index is 12.4. The van der Waals surface area contributed by atoms with E-state index >= 15 is 0 Å². The average Bonchev–Trinajstić information content (AvgIpc) is 2.64. The van der Waals surface area contributed by atoms with Crippen LogP contribution < -0.4 is 5.32 Å². The van der Waals surface area contributed by atoms with Crippen LogP contribution in [0.5, 0.6) is 0 Å². The number of fused-ring (bicyclic) bond motifs is 1. The SMILES string of the molecule is O=C1CCC[C@H](N2Cc3c(Br)cccc3C2=O)C(=O)N1. The molecule has 104 valence electrons. The third-order valence-corrected chi connectivity index (χ3v) is 4.50. The minimum absolute atomic E-state index is 0.143. The molecule has 0 spiro atoms. The van der Waals surface area contributed by atoms with Gasteiger partial charge in [-0.25, -0.2) is 0 Å². The fourth-order valence-corrected chi connectivity index (χ4v) is 3.23. The maximum Gasteiger partial charge on any atom is 0.255 e. The fourth-order valence-electron chi connectivity index (χ4n) is 2.74. The number of hydrogen-bond donors (Lipinski definition) is 1. The zero-order valence-corrected chi connectivity index (χ0v) is 12.3. The first-order valence-corrected chi connectivity index (χ1v) is 7.29. The highest BCUT2D eigenvalue weighted by atomic mass is 79.9. The van der Waals surface area contributed by atoms with Crippen molar-refractivity contribution in [3.05, 3.63) is 33.8 Å². The van der Waals surface area contributed by atoms with Gasteiger partial charge in [0.05, 0.1) is 0 Å². The molecule has 1 aromatic rings. The van der Waals surface area contributed by atoms with E-state index in [1.54, 1.807) is 17.0 Å². The van der Waals surface area contributed by atoms with Crippen molar-refractivity contribution >= 4 is 33.7 Å². The Morgan fingerprint density at radius 3 is 2.80 bits per heavy atom. The predicted octanol–water partition coefficient (Wildman–Crippen LogP) is 1.60. The molecule has 3 rings (SSSR count). The van der Waals surface area contributed by atoms with Crippen molar-refractivity contribution in [3.8, 4) is 0 Å². The first kappa shape index (κ1) is 13.3. The quantitative estimate of drug-likeness (QED) is 0.792. The number of hydrogen-bond acceptors (Lipinski definition) is 3. The molecule has 0 unspecified atom stereocenters. The monoisotopic (exact) mass is 336 g/mol. The van der Waals surface area contributed by atoms with Crippen molar-refractivity contribution in [1.82, 2.24) is 10.2 Å². The van der Waals surface area contributed by atoms with Crippen LogP contribution in [0.2, 0.25) is 0 Å². The summed E-state index contributed by atoms with van der Waals surface area (Å²) in [6.45, 7) is 0.405. The Labute approximate surface area is 124 Å². The van der Waals surface area contributed by atoms with Gasteiger partial charge in [-0.05, 0) is 30.5 Å². The first-order chi connectivity index (χ1) is 9.58. The van der Waals surface area contributed by atoms with E-state index in [0.717, 1.165) is 10.0 Å². The van der Waals surface area contributed by atoms with E-state index in [0.29, 0.717) is 31.4 Å². The van der Waals surface area contributed by atoms with E-state index in [-0.39, 0.29) is 17.7 Å². The van der Waals surface area contributed by atoms with E-state index in [4.69, 9.17) is 0 Å². The topological polar surface area (TPSA) is 66.5 Å². The summed E-state index contributed by atoms with van der Waals surface area (Å²) in [5, 5.41) is 2.35. The average molecular weight is 337 g/mol. The van der Waals surface area contributed by atoms with Gasteiger partial charge >= 0.3 is 0 Å². The standard InChI is InChI=1S/C14H13BrN2O3/c15-10-4-1-3-8-9(10)7-17(14(8)20)11-5-2-6-12(18)16-13(11)19/h1,3-4,11H,2,5-7H2,(H,16,18,19)/t11-/m0/s1. The van der Waals surface area contributed by atoms with E-state index in [9.17, 15) is 14.4 Å². The van der Waals surface area contributed by atoms with Crippen LogP contribution in [0.25, 0.3) is 0 Å². The Morgan fingerprint density at radius 1 is 1.25 bits per heavy atom. The van der Waals surface area contributed by atoms with Crippen LogP contribution in [-0.2, 0) is 16.1 Å². The van der Waals surface area contributed by atoms with Gasteiger partial charge in [0.2, 0.25) is 11.8 Å². The molecular formula is C14H13BrN2O3. The second-order valence-corrected chi connectivity index (χ2v) is 5.87. The Morgan fingerprint density at radius 2 is 2.05 bits per heavy atom. The van der Waals surface area contributed by atoms with E-state index in [1.165, 1.54) is 0 Å². The highest BCUT2D eigenvalue weighted by Crippen LogP contribution is 2.31. The van der Waals surface area contributed by atoms with Gasteiger partial charge in [0, 0.05) is 23.0 Å². The molecule has 1 aromatic carbocycles. The van der Waals surface area contributed by atoms with Gasteiger partial charge in [-0.15, -0.1) is 0 Å². The van der Waals surface area contributed by atoms with Crippen LogP contribution >= 0.6 is 15.9 Å². The van der Waals surface area contributed by atoms with Crippen LogP contribution in [0.1, 0.15) is 35.2 Å². The Hall–Kier alpha value is -1.69. The number of imide groups is 1. The molecule has 0 saturated carbocycles. The van der Waals surface area contributed by atoms with Gasteiger partial charge in [0.15, 0.2) is 0 Å². The lowest BCUT2D eigenvalue weighted by molar-refractivity contribution is -0.132. The zero-order valence-electron chi connectivity index (χ0n) is 10.7. The van der Waals surface area contributed by atoms with Crippen LogP contribution in [-0.4, -0.2) is 28.7 Å². The van der Waals surface area contributed by atoms with Crippen molar-refractivity contribution in [2.24, 2.45) is 0 Å². The van der Waals surface area contributed by atoms with Gasteiger partial charge in [-0.3, -0.25) is 19.7 Å². The summed E-state index contributed by atoms with van der Waals surface area (Å²) in [6, 6.07) is 4.89. The minimum atomic E-state index is -0.562. The van der Waals surface area contributed by atoms with Gasteiger partial charge in [0.25, 0.3) is 5.91 Å². The minimum Gasteiger partial charge on any atom is -0.322 e. The number of halogens is 1.